The number of rotatable bonds is 5. The first kappa shape index (κ1) is 19.5. The number of ether oxygens (including phenoxy) is 1. The summed E-state index contributed by atoms with van der Waals surface area (Å²) in [5, 5.41) is 3.65. The molecule has 1 amide bonds. The number of benzene rings is 2. The predicted molar refractivity (Wildman–Crippen MR) is 113 cm³/mol. The van der Waals surface area contributed by atoms with Crippen molar-refractivity contribution >= 4 is 16.8 Å². The van der Waals surface area contributed by atoms with Crippen LogP contribution in [-0.2, 0) is 6.54 Å². The van der Waals surface area contributed by atoms with Crippen molar-refractivity contribution in [2.45, 2.75) is 20.4 Å². The number of nitrogens with one attached hydrogen (secondary N) is 1. The highest BCUT2D eigenvalue weighted by Crippen LogP contribution is 2.32. The van der Waals surface area contributed by atoms with Gasteiger partial charge in [0.25, 0.3) is 5.91 Å². The van der Waals surface area contributed by atoms with Crippen molar-refractivity contribution in [3.63, 3.8) is 0 Å². The molecule has 0 fully saturated rings. The number of hydrogen-bond donors (Lipinski definition) is 1. The van der Waals surface area contributed by atoms with Crippen LogP contribution in [0.4, 0.5) is 4.39 Å². The van der Waals surface area contributed by atoms with E-state index in [-0.39, 0.29) is 12.5 Å². The van der Waals surface area contributed by atoms with Crippen LogP contribution in [0.2, 0.25) is 0 Å². The first-order valence-electron chi connectivity index (χ1n) is 9.52. The second-order valence-electron chi connectivity index (χ2n) is 7.01. The molecule has 0 bridgehead atoms. The van der Waals surface area contributed by atoms with E-state index in [9.17, 15) is 9.18 Å². The second kappa shape index (κ2) is 8.29. The van der Waals surface area contributed by atoms with Crippen LogP contribution >= 0.6 is 0 Å². The highest BCUT2D eigenvalue weighted by molar-refractivity contribution is 5.96. The van der Waals surface area contributed by atoms with E-state index in [4.69, 9.17) is 4.74 Å². The van der Waals surface area contributed by atoms with Crippen LogP contribution in [0.25, 0.3) is 10.9 Å². The van der Waals surface area contributed by atoms with Crippen molar-refractivity contribution in [2.24, 2.45) is 0 Å². The number of aromatic nitrogens is 2. The number of amides is 1. The molecule has 0 saturated heterocycles. The number of nitrogens with zero attached hydrogens (tertiary/aromatic N) is 2. The van der Waals surface area contributed by atoms with Crippen LogP contribution in [0.3, 0.4) is 0 Å². The van der Waals surface area contributed by atoms with Gasteiger partial charge in [0.1, 0.15) is 17.3 Å². The lowest BCUT2D eigenvalue weighted by Crippen LogP contribution is -2.24. The molecule has 0 spiro atoms. The minimum absolute atomic E-state index is 0.0755. The first-order chi connectivity index (χ1) is 14.5. The van der Waals surface area contributed by atoms with E-state index in [0.29, 0.717) is 28.2 Å². The summed E-state index contributed by atoms with van der Waals surface area (Å²) in [6, 6.07) is 14.6. The SMILES string of the molecule is Cc1ccc2c(Oc3cccc(C(=O)NCc4ccncc4F)c3C)ccnc2c1. The van der Waals surface area contributed by atoms with Gasteiger partial charge in [-0.3, -0.25) is 14.8 Å². The fourth-order valence-electron chi connectivity index (χ4n) is 3.23. The average molecular weight is 401 g/mol. The van der Waals surface area contributed by atoms with Crippen molar-refractivity contribution in [3.05, 3.63) is 95.2 Å². The summed E-state index contributed by atoms with van der Waals surface area (Å²) < 4.78 is 19.9. The summed E-state index contributed by atoms with van der Waals surface area (Å²) in [4.78, 5) is 20.8. The molecule has 4 rings (SSSR count). The van der Waals surface area contributed by atoms with Crippen LogP contribution in [0.5, 0.6) is 11.5 Å². The molecule has 0 aliphatic heterocycles. The normalized spacial score (nSPS) is 10.8. The standard InChI is InChI=1S/C24H20FN3O2/c1-15-6-7-19-21(12-15)27-11-9-23(19)30-22-5-3-4-18(16(22)2)24(29)28-13-17-8-10-26-14-20(17)25/h3-12,14H,13H2,1-2H3,(H,28,29). The van der Waals surface area contributed by atoms with Crippen LogP contribution in [0.15, 0.2) is 67.1 Å². The summed E-state index contributed by atoms with van der Waals surface area (Å²) in [6.07, 6.45) is 4.32. The fourth-order valence-corrected chi connectivity index (χ4v) is 3.23. The summed E-state index contributed by atoms with van der Waals surface area (Å²) in [7, 11) is 0. The van der Waals surface area contributed by atoms with Crippen molar-refractivity contribution in [1.82, 2.24) is 15.3 Å². The molecular weight excluding hydrogens is 381 g/mol. The molecule has 6 heteroatoms. The van der Waals surface area contributed by atoms with Gasteiger partial charge in [-0.2, -0.15) is 0 Å². The van der Waals surface area contributed by atoms with Gasteiger partial charge in [0, 0.05) is 41.0 Å². The van der Waals surface area contributed by atoms with E-state index >= 15 is 0 Å². The van der Waals surface area contributed by atoms with E-state index in [0.717, 1.165) is 22.7 Å². The number of carbonyl (C=O) groups excluding carboxylic acids is 1. The summed E-state index contributed by atoms with van der Waals surface area (Å²) >= 11 is 0. The van der Waals surface area contributed by atoms with Crippen LogP contribution in [0.1, 0.15) is 27.0 Å². The van der Waals surface area contributed by atoms with Gasteiger partial charge >= 0.3 is 0 Å². The molecule has 4 aromatic rings. The molecular formula is C24H20FN3O2. The van der Waals surface area contributed by atoms with Crippen molar-refractivity contribution in [2.75, 3.05) is 0 Å². The molecule has 0 radical (unpaired) electrons. The molecule has 2 heterocycles. The number of hydrogen-bond acceptors (Lipinski definition) is 4. The van der Waals surface area contributed by atoms with E-state index < -0.39 is 5.82 Å². The molecule has 2 aromatic heterocycles. The number of carbonyl (C=O) groups is 1. The Morgan fingerprint density at radius 2 is 1.93 bits per heavy atom. The van der Waals surface area contributed by atoms with Gasteiger partial charge in [-0.1, -0.05) is 12.1 Å². The first-order valence-corrected chi connectivity index (χ1v) is 9.52. The molecule has 0 aliphatic rings. The molecule has 2 aromatic carbocycles. The smallest absolute Gasteiger partial charge is 0.251 e. The Morgan fingerprint density at radius 3 is 2.77 bits per heavy atom. The van der Waals surface area contributed by atoms with Crippen molar-refractivity contribution in [1.29, 1.82) is 0 Å². The van der Waals surface area contributed by atoms with E-state index in [1.54, 1.807) is 24.4 Å². The Labute approximate surface area is 173 Å². The summed E-state index contributed by atoms with van der Waals surface area (Å²) in [5.41, 5.74) is 3.51. The lowest BCUT2D eigenvalue weighted by Gasteiger charge is -2.14. The molecule has 5 nitrogen and oxygen atoms in total. The van der Waals surface area contributed by atoms with Gasteiger partial charge in [-0.05, 0) is 55.8 Å². The third kappa shape index (κ3) is 3.98. The van der Waals surface area contributed by atoms with Crippen molar-refractivity contribution in [3.8, 4) is 11.5 Å². The maximum atomic E-state index is 13.7. The Bertz CT molecular complexity index is 1240. The third-order valence-electron chi connectivity index (χ3n) is 4.90. The van der Waals surface area contributed by atoms with Gasteiger partial charge in [0.05, 0.1) is 11.7 Å². The Morgan fingerprint density at radius 1 is 1.07 bits per heavy atom. The topological polar surface area (TPSA) is 64.1 Å². The zero-order valence-corrected chi connectivity index (χ0v) is 16.6. The van der Waals surface area contributed by atoms with Crippen molar-refractivity contribution < 1.29 is 13.9 Å². The Kier molecular flexibility index (Phi) is 5.39. The van der Waals surface area contributed by atoms with Gasteiger partial charge in [0.2, 0.25) is 0 Å². The molecule has 0 unspecified atom stereocenters. The quantitative estimate of drug-likeness (QED) is 0.505. The molecule has 0 aliphatic carbocycles. The number of pyridine rings is 2. The summed E-state index contributed by atoms with van der Waals surface area (Å²) in [5.74, 6) is 0.487. The van der Waals surface area contributed by atoms with Crippen LogP contribution in [-0.4, -0.2) is 15.9 Å². The second-order valence-corrected chi connectivity index (χ2v) is 7.01. The maximum Gasteiger partial charge on any atom is 0.251 e. The van der Waals surface area contributed by atoms with Crippen LogP contribution in [0, 0.1) is 19.7 Å². The highest BCUT2D eigenvalue weighted by atomic mass is 19.1. The Hall–Kier alpha value is -3.80. The fraction of sp³-hybridized carbons (Fsp3) is 0.125. The summed E-state index contributed by atoms with van der Waals surface area (Å²) in [6.45, 7) is 3.91. The van der Waals surface area contributed by atoms with Gasteiger partial charge in [-0.15, -0.1) is 0 Å². The van der Waals surface area contributed by atoms with E-state index in [1.165, 1.54) is 12.3 Å². The largest absolute Gasteiger partial charge is 0.456 e. The zero-order valence-electron chi connectivity index (χ0n) is 16.6. The number of fused-ring (bicyclic) bond motifs is 1. The minimum atomic E-state index is -0.452. The minimum Gasteiger partial charge on any atom is -0.456 e. The Balaban J connectivity index is 1.58. The van der Waals surface area contributed by atoms with E-state index in [1.807, 2.05) is 38.1 Å². The maximum absolute atomic E-state index is 13.7. The lowest BCUT2D eigenvalue weighted by molar-refractivity contribution is 0.0949. The number of halogens is 1. The van der Waals surface area contributed by atoms with Crippen LogP contribution < -0.4 is 10.1 Å². The molecule has 1 N–H and O–H groups in total. The highest BCUT2D eigenvalue weighted by Gasteiger charge is 2.14. The molecule has 0 atom stereocenters. The number of aryl methyl sites for hydroxylation is 1. The predicted octanol–water partition coefficient (Wildman–Crippen LogP) is 5.11. The van der Waals surface area contributed by atoms with Gasteiger partial charge < -0.3 is 10.1 Å². The van der Waals surface area contributed by atoms with Gasteiger partial charge in [-0.25, -0.2) is 4.39 Å². The molecule has 150 valence electrons. The lowest BCUT2D eigenvalue weighted by atomic mass is 10.1. The van der Waals surface area contributed by atoms with E-state index in [2.05, 4.69) is 15.3 Å². The molecule has 30 heavy (non-hydrogen) atoms. The monoisotopic (exact) mass is 401 g/mol. The third-order valence-corrected chi connectivity index (χ3v) is 4.90. The van der Waals surface area contributed by atoms with Gasteiger partial charge in [0.15, 0.2) is 0 Å². The zero-order chi connectivity index (χ0) is 21.1. The average Bonchev–Trinajstić information content (AvgIpc) is 2.74. The molecule has 0 saturated carbocycles.